The van der Waals surface area contributed by atoms with Crippen molar-refractivity contribution in [3.8, 4) is 6.07 Å². The second-order valence-corrected chi connectivity index (χ2v) is 6.93. The molecule has 0 amide bonds. The first-order chi connectivity index (χ1) is 13.9. The number of anilines is 1. The van der Waals surface area contributed by atoms with E-state index in [2.05, 4.69) is 0 Å². The first-order valence-corrected chi connectivity index (χ1v) is 9.45. The first kappa shape index (κ1) is 20.3. The first-order valence-electron chi connectivity index (χ1n) is 9.45. The van der Waals surface area contributed by atoms with Crippen molar-refractivity contribution in [2.45, 2.75) is 32.6 Å². The molecule has 1 heterocycles. The zero-order chi connectivity index (χ0) is 21.0. The molecule has 148 valence electrons. The minimum atomic E-state index is -0.990. The molecule has 0 fully saturated rings. The van der Waals surface area contributed by atoms with Gasteiger partial charge < -0.3 is 10.0 Å². The number of halogens is 1. The summed E-state index contributed by atoms with van der Waals surface area (Å²) in [5.41, 5.74) is 3.57. The van der Waals surface area contributed by atoms with Gasteiger partial charge in [0.25, 0.3) is 0 Å². The van der Waals surface area contributed by atoms with Gasteiger partial charge in [-0.2, -0.15) is 5.26 Å². The molecule has 6 heteroatoms. The summed E-state index contributed by atoms with van der Waals surface area (Å²) in [5.74, 6) is -1.58. The molecule has 0 spiro atoms. The molecule has 29 heavy (non-hydrogen) atoms. The van der Waals surface area contributed by atoms with E-state index in [0.717, 1.165) is 16.8 Å². The number of Topliss-reactive ketones (excluding diaryl/α,β-unsaturated/α-hetero) is 1. The number of carbonyl (C=O) groups is 2. The van der Waals surface area contributed by atoms with Crippen molar-refractivity contribution in [2.75, 3.05) is 11.4 Å². The number of hydrogen-bond acceptors (Lipinski definition) is 4. The number of carboxylic acid groups (broad SMARTS) is 1. The fraction of sp³-hybridized carbons (Fsp3) is 0.261. The number of hydrogen-bond donors (Lipinski definition) is 1. The van der Waals surface area contributed by atoms with Gasteiger partial charge >= 0.3 is 5.97 Å². The lowest BCUT2D eigenvalue weighted by molar-refractivity contribution is -0.135. The Bertz CT molecular complexity index is 1040. The summed E-state index contributed by atoms with van der Waals surface area (Å²) in [6, 6.07) is 13.3. The molecule has 0 unspecified atom stereocenters. The predicted molar refractivity (Wildman–Crippen MR) is 107 cm³/mol. The number of fused-ring (bicyclic) bond motifs is 1. The van der Waals surface area contributed by atoms with Gasteiger partial charge in [-0.15, -0.1) is 0 Å². The van der Waals surface area contributed by atoms with Crippen molar-refractivity contribution in [1.29, 1.82) is 5.26 Å². The van der Waals surface area contributed by atoms with Crippen LogP contribution in [0.4, 0.5) is 10.1 Å². The zero-order valence-electron chi connectivity index (χ0n) is 16.1. The lowest BCUT2D eigenvalue weighted by atomic mass is 9.98. The average molecular weight is 392 g/mol. The van der Waals surface area contributed by atoms with Crippen LogP contribution >= 0.6 is 0 Å². The maximum Gasteiger partial charge on any atom is 0.323 e. The molecule has 3 rings (SSSR count). The summed E-state index contributed by atoms with van der Waals surface area (Å²) < 4.78 is 13.6. The topological polar surface area (TPSA) is 81.4 Å². The van der Waals surface area contributed by atoms with Gasteiger partial charge in [0.2, 0.25) is 0 Å². The number of carboxylic acids is 1. The number of aliphatic carboxylic acids is 1. The molecule has 1 N–H and O–H groups in total. The fourth-order valence-corrected chi connectivity index (χ4v) is 3.71. The Balaban J connectivity index is 2.01. The third kappa shape index (κ3) is 4.35. The molecule has 0 radical (unpaired) electrons. The smallest absolute Gasteiger partial charge is 0.323 e. The molecule has 1 aliphatic rings. The molecule has 0 saturated carbocycles. The van der Waals surface area contributed by atoms with Gasteiger partial charge in [-0.3, -0.25) is 9.59 Å². The summed E-state index contributed by atoms with van der Waals surface area (Å²) in [7, 11) is 0. The predicted octanol–water partition coefficient (Wildman–Crippen LogP) is 4.47. The van der Waals surface area contributed by atoms with E-state index in [0.29, 0.717) is 30.5 Å². The van der Waals surface area contributed by atoms with Gasteiger partial charge in [0.05, 0.1) is 11.3 Å². The number of ketones is 1. The summed E-state index contributed by atoms with van der Waals surface area (Å²) in [6.45, 7) is 1.69. The van der Waals surface area contributed by atoms with Gasteiger partial charge in [-0.1, -0.05) is 25.1 Å². The fourth-order valence-electron chi connectivity index (χ4n) is 3.71. The van der Waals surface area contributed by atoms with Crippen molar-refractivity contribution in [1.82, 2.24) is 0 Å². The Hall–Kier alpha value is -3.46. The lowest BCUT2D eigenvalue weighted by Crippen LogP contribution is -2.30. The highest BCUT2D eigenvalue weighted by molar-refractivity contribution is 6.04. The highest BCUT2D eigenvalue weighted by Gasteiger charge is 2.27. The number of carbonyl (C=O) groups excluding carboxylic acids is 1. The SMILES string of the molecule is CCC1=C(CCc2ccc(F)c(C#N)c2)N(CC(=O)O)c2ccccc2C(=O)C1. The van der Waals surface area contributed by atoms with E-state index in [1.54, 1.807) is 35.2 Å². The summed E-state index contributed by atoms with van der Waals surface area (Å²) in [5, 5.41) is 18.5. The molecule has 0 bridgehead atoms. The van der Waals surface area contributed by atoms with Gasteiger partial charge in [0, 0.05) is 17.7 Å². The second-order valence-electron chi connectivity index (χ2n) is 6.93. The van der Waals surface area contributed by atoms with Gasteiger partial charge in [-0.05, 0) is 54.7 Å². The number of rotatable bonds is 6. The van der Waals surface area contributed by atoms with Crippen LogP contribution in [-0.2, 0) is 11.2 Å². The van der Waals surface area contributed by atoms with E-state index >= 15 is 0 Å². The molecule has 0 saturated heterocycles. The van der Waals surface area contributed by atoms with Gasteiger partial charge in [0.1, 0.15) is 18.4 Å². The van der Waals surface area contributed by atoms with Gasteiger partial charge in [-0.25, -0.2) is 4.39 Å². The Morgan fingerprint density at radius 2 is 2.00 bits per heavy atom. The molecule has 0 aliphatic carbocycles. The molecule has 2 aromatic rings. The van der Waals surface area contributed by atoms with Crippen molar-refractivity contribution >= 4 is 17.4 Å². The van der Waals surface area contributed by atoms with E-state index in [1.807, 2.05) is 13.0 Å². The van der Waals surface area contributed by atoms with E-state index in [4.69, 9.17) is 5.26 Å². The third-order valence-corrected chi connectivity index (χ3v) is 5.12. The Kier molecular flexibility index (Phi) is 6.08. The van der Waals surface area contributed by atoms with Crippen LogP contribution in [0.1, 0.15) is 47.7 Å². The van der Waals surface area contributed by atoms with E-state index in [9.17, 15) is 19.1 Å². The van der Waals surface area contributed by atoms with Crippen LogP contribution in [0.5, 0.6) is 0 Å². The number of nitrogens with zero attached hydrogens (tertiary/aromatic N) is 2. The average Bonchev–Trinajstić information content (AvgIpc) is 2.82. The van der Waals surface area contributed by atoms with Gasteiger partial charge in [0.15, 0.2) is 5.78 Å². The molecular weight excluding hydrogens is 371 g/mol. The van der Waals surface area contributed by atoms with Crippen LogP contribution in [0, 0.1) is 17.1 Å². The quantitative estimate of drug-likeness (QED) is 0.784. The normalized spacial score (nSPS) is 13.7. The molecule has 2 aromatic carbocycles. The molecule has 1 aliphatic heterocycles. The zero-order valence-corrected chi connectivity index (χ0v) is 16.1. The van der Waals surface area contributed by atoms with Crippen LogP contribution in [0.15, 0.2) is 53.7 Å². The Morgan fingerprint density at radius 1 is 1.24 bits per heavy atom. The maximum absolute atomic E-state index is 13.6. The van der Waals surface area contributed by atoms with Crippen molar-refractivity contribution < 1.29 is 19.1 Å². The second kappa shape index (κ2) is 8.70. The molecule has 0 atom stereocenters. The summed E-state index contributed by atoms with van der Waals surface area (Å²) in [6.07, 6.45) is 1.85. The largest absolute Gasteiger partial charge is 0.480 e. The number of allylic oxidation sites excluding steroid dienone is 2. The van der Waals surface area contributed by atoms with Crippen LogP contribution < -0.4 is 4.90 Å². The van der Waals surface area contributed by atoms with Crippen molar-refractivity contribution in [2.24, 2.45) is 0 Å². The molecule has 5 nitrogen and oxygen atoms in total. The number of para-hydroxylation sites is 1. The van der Waals surface area contributed by atoms with Crippen LogP contribution in [0.25, 0.3) is 0 Å². The van der Waals surface area contributed by atoms with E-state index in [1.165, 1.54) is 12.1 Å². The Morgan fingerprint density at radius 3 is 2.69 bits per heavy atom. The maximum atomic E-state index is 13.6. The van der Waals surface area contributed by atoms with Crippen molar-refractivity contribution in [3.05, 3.63) is 76.2 Å². The number of aryl methyl sites for hydroxylation is 1. The summed E-state index contributed by atoms with van der Waals surface area (Å²) >= 11 is 0. The van der Waals surface area contributed by atoms with Crippen LogP contribution in [-0.4, -0.2) is 23.4 Å². The van der Waals surface area contributed by atoms with E-state index < -0.39 is 11.8 Å². The van der Waals surface area contributed by atoms with E-state index in [-0.39, 0.29) is 24.3 Å². The minimum Gasteiger partial charge on any atom is -0.480 e. The van der Waals surface area contributed by atoms with Crippen molar-refractivity contribution in [3.63, 3.8) is 0 Å². The highest BCUT2D eigenvalue weighted by Crippen LogP contribution is 2.35. The standard InChI is InChI=1S/C23H21FN2O3/c1-2-16-12-22(27)18-5-3-4-6-21(18)26(14-23(28)29)20(16)10-8-15-7-9-19(24)17(11-15)13-25/h3-7,9,11H,2,8,10,12,14H2,1H3,(H,28,29). The lowest BCUT2D eigenvalue weighted by Gasteiger charge is -2.28. The van der Waals surface area contributed by atoms with Crippen LogP contribution in [0.3, 0.4) is 0 Å². The molecular formula is C23H21FN2O3. The number of nitriles is 1. The Labute approximate surface area is 168 Å². The minimum absolute atomic E-state index is 0.0176. The highest BCUT2D eigenvalue weighted by atomic mass is 19.1. The van der Waals surface area contributed by atoms with Crippen LogP contribution in [0.2, 0.25) is 0 Å². The third-order valence-electron chi connectivity index (χ3n) is 5.12. The number of benzene rings is 2. The summed E-state index contributed by atoms with van der Waals surface area (Å²) in [4.78, 5) is 26.0. The monoisotopic (exact) mass is 392 g/mol. The molecule has 0 aromatic heterocycles.